The Morgan fingerprint density at radius 1 is 1.46 bits per heavy atom. The molecule has 1 aromatic rings. The van der Waals surface area contributed by atoms with Gasteiger partial charge in [0.1, 0.15) is 4.88 Å². The molecule has 6 nitrogen and oxygen atoms in total. The molecule has 2 amide bonds. The Labute approximate surface area is 146 Å². The largest absolute Gasteiger partial charge is 0.392 e. The Morgan fingerprint density at radius 2 is 2.21 bits per heavy atom. The third-order valence-corrected chi connectivity index (χ3v) is 6.42. The van der Waals surface area contributed by atoms with Crippen LogP contribution in [0.5, 0.6) is 0 Å². The van der Waals surface area contributed by atoms with Gasteiger partial charge in [0.05, 0.1) is 23.9 Å². The van der Waals surface area contributed by atoms with E-state index in [1.54, 1.807) is 18.6 Å². The Bertz CT molecular complexity index is 606. The molecule has 132 valence electrons. The van der Waals surface area contributed by atoms with Gasteiger partial charge in [0, 0.05) is 24.9 Å². The number of nitrogens with zero attached hydrogens (tertiary/aromatic N) is 2. The maximum Gasteiger partial charge on any atom is 0.263 e. The lowest BCUT2D eigenvalue weighted by Crippen LogP contribution is -2.48. The highest BCUT2D eigenvalue weighted by atomic mass is 32.1. The molecule has 4 atom stereocenters. The summed E-state index contributed by atoms with van der Waals surface area (Å²) < 4.78 is 0. The molecule has 0 unspecified atom stereocenters. The highest BCUT2D eigenvalue weighted by Gasteiger charge is 2.54. The minimum atomic E-state index is -0.394. The number of fused-ring (bicyclic) bond motifs is 1. The van der Waals surface area contributed by atoms with E-state index >= 15 is 0 Å². The molecule has 2 N–H and O–H groups in total. The standard InChI is InChI=1S/C17H25N3O3S/c1-11(21)20-12(8-19-16(23)13-9-18-10-24-13)7-17(2)14(20)5-3-4-6-15(17)22/h9-10,12,14-15,22H,3-8H2,1-2H3,(H,19,23)/t12-,14-,15+,17-/m1/s1. The third kappa shape index (κ3) is 3.07. The zero-order valence-electron chi connectivity index (χ0n) is 14.2. The molecule has 0 aromatic carbocycles. The van der Waals surface area contributed by atoms with E-state index in [9.17, 15) is 14.7 Å². The van der Waals surface area contributed by atoms with Gasteiger partial charge in [-0.05, 0) is 19.3 Å². The lowest BCUT2D eigenvalue weighted by molar-refractivity contribution is -0.133. The number of rotatable bonds is 3. The summed E-state index contributed by atoms with van der Waals surface area (Å²) in [6.07, 6.45) is 5.63. The van der Waals surface area contributed by atoms with Crippen LogP contribution in [0.4, 0.5) is 0 Å². The first-order valence-corrected chi connectivity index (χ1v) is 9.45. The number of hydrogen-bond acceptors (Lipinski definition) is 5. The van der Waals surface area contributed by atoms with Gasteiger partial charge in [0.25, 0.3) is 5.91 Å². The van der Waals surface area contributed by atoms with Crippen LogP contribution in [0, 0.1) is 5.41 Å². The average molecular weight is 351 g/mol. The van der Waals surface area contributed by atoms with E-state index < -0.39 is 6.10 Å². The summed E-state index contributed by atoms with van der Waals surface area (Å²) in [5, 5.41) is 13.6. The molecular weight excluding hydrogens is 326 g/mol. The lowest BCUT2D eigenvalue weighted by Gasteiger charge is -2.37. The molecule has 3 rings (SSSR count). The first-order chi connectivity index (χ1) is 11.4. The van der Waals surface area contributed by atoms with Crippen LogP contribution in [0.3, 0.4) is 0 Å². The fourth-order valence-electron chi connectivity index (χ4n) is 4.42. The molecule has 0 bridgehead atoms. The molecule has 2 heterocycles. The van der Waals surface area contributed by atoms with Gasteiger partial charge in [0.15, 0.2) is 0 Å². The Kier molecular flexibility index (Phi) is 4.92. The normalized spacial score (nSPS) is 33.0. The van der Waals surface area contributed by atoms with Crippen molar-refractivity contribution in [2.75, 3.05) is 6.54 Å². The van der Waals surface area contributed by atoms with Gasteiger partial charge >= 0.3 is 0 Å². The predicted octanol–water partition coefficient (Wildman–Crippen LogP) is 1.80. The molecule has 1 saturated heterocycles. The van der Waals surface area contributed by atoms with Crippen molar-refractivity contribution in [3.63, 3.8) is 0 Å². The first kappa shape index (κ1) is 17.4. The average Bonchev–Trinajstić information content (AvgIpc) is 3.13. The first-order valence-electron chi connectivity index (χ1n) is 8.57. The highest BCUT2D eigenvalue weighted by molar-refractivity contribution is 7.11. The number of carbonyl (C=O) groups excluding carboxylic acids is 2. The van der Waals surface area contributed by atoms with Gasteiger partial charge < -0.3 is 15.3 Å². The van der Waals surface area contributed by atoms with Crippen molar-refractivity contribution in [3.05, 3.63) is 16.6 Å². The number of hydrogen-bond donors (Lipinski definition) is 2. The van der Waals surface area contributed by atoms with Crippen LogP contribution in [-0.4, -0.2) is 51.5 Å². The summed E-state index contributed by atoms with van der Waals surface area (Å²) in [5.41, 5.74) is 1.34. The van der Waals surface area contributed by atoms with E-state index in [1.807, 2.05) is 4.90 Å². The highest BCUT2D eigenvalue weighted by Crippen LogP contribution is 2.48. The Balaban J connectivity index is 1.75. The minimum Gasteiger partial charge on any atom is -0.392 e. The van der Waals surface area contributed by atoms with Crippen molar-refractivity contribution in [1.82, 2.24) is 15.2 Å². The third-order valence-electron chi connectivity index (χ3n) is 5.65. The zero-order chi connectivity index (χ0) is 17.3. The van der Waals surface area contributed by atoms with E-state index in [4.69, 9.17) is 0 Å². The van der Waals surface area contributed by atoms with Crippen molar-refractivity contribution in [3.8, 4) is 0 Å². The van der Waals surface area contributed by atoms with Crippen LogP contribution in [0.1, 0.15) is 55.6 Å². The minimum absolute atomic E-state index is 0.0230. The fourth-order valence-corrected chi connectivity index (χ4v) is 4.96. The Morgan fingerprint density at radius 3 is 2.88 bits per heavy atom. The van der Waals surface area contributed by atoms with Crippen molar-refractivity contribution in [2.24, 2.45) is 5.41 Å². The van der Waals surface area contributed by atoms with E-state index in [0.717, 1.165) is 32.1 Å². The van der Waals surface area contributed by atoms with Crippen molar-refractivity contribution in [1.29, 1.82) is 0 Å². The molecular formula is C17H25N3O3S. The maximum absolute atomic E-state index is 12.3. The molecule has 1 aliphatic carbocycles. The SMILES string of the molecule is CC(=O)N1[C@@H](CNC(=O)c2cncs2)C[C@@]2(C)[C@@H](O)CCCC[C@@H]12. The van der Waals surface area contributed by atoms with Gasteiger partial charge in [-0.25, -0.2) is 0 Å². The van der Waals surface area contributed by atoms with Gasteiger partial charge in [-0.2, -0.15) is 0 Å². The van der Waals surface area contributed by atoms with Crippen molar-refractivity contribution in [2.45, 2.75) is 64.1 Å². The fraction of sp³-hybridized carbons (Fsp3) is 0.706. The molecule has 1 saturated carbocycles. The number of aromatic nitrogens is 1. The van der Waals surface area contributed by atoms with Crippen LogP contribution in [0.15, 0.2) is 11.7 Å². The molecule has 1 aliphatic heterocycles. The van der Waals surface area contributed by atoms with E-state index in [1.165, 1.54) is 11.3 Å². The summed E-state index contributed by atoms with van der Waals surface area (Å²) >= 11 is 1.30. The van der Waals surface area contributed by atoms with Crippen LogP contribution in [-0.2, 0) is 4.79 Å². The maximum atomic E-state index is 12.3. The molecule has 0 radical (unpaired) electrons. The van der Waals surface area contributed by atoms with E-state index in [-0.39, 0.29) is 29.3 Å². The zero-order valence-corrected chi connectivity index (χ0v) is 15.0. The second-order valence-corrected chi connectivity index (χ2v) is 8.07. The number of amides is 2. The monoisotopic (exact) mass is 351 g/mol. The van der Waals surface area contributed by atoms with Gasteiger partial charge in [0.2, 0.25) is 5.91 Å². The number of nitrogens with one attached hydrogen (secondary N) is 1. The molecule has 0 spiro atoms. The van der Waals surface area contributed by atoms with E-state index in [2.05, 4.69) is 17.2 Å². The van der Waals surface area contributed by atoms with Crippen molar-refractivity contribution < 1.29 is 14.7 Å². The second-order valence-electron chi connectivity index (χ2n) is 7.18. The summed E-state index contributed by atoms with van der Waals surface area (Å²) in [4.78, 5) is 30.8. The van der Waals surface area contributed by atoms with Crippen molar-refractivity contribution >= 4 is 23.2 Å². The molecule has 2 fully saturated rings. The van der Waals surface area contributed by atoms with Crippen LogP contribution < -0.4 is 5.32 Å². The Hall–Kier alpha value is -1.47. The number of likely N-dealkylation sites (tertiary alicyclic amines) is 1. The van der Waals surface area contributed by atoms with Gasteiger partial charge in [-0.1, -0.05) is 19.8 Å². The summed E-state index contributed by atoms with van der Waals surface area (Å²) in [6.45, 7) is 4.09. The quantitative estimate of drug-likeness (QED) is 0.870. The van der Waals surface area contributed by atoms with E-state index in [0.29, 0.717) is 11.4 Å². The topological polar surface area (TPSA) is 82.5 Å². The smallest absolute Gasteiger partial charge is 0.263 e. The summed E-state index contributed by atoms with van der Waals surface area (Å²) in [5.74, 6) is -0.131. The molecule has 2 aliphatic rings. The van der Waals surface area contributed by atoms with Gasteiger partial charge in [-0.15, -0.1) is 11.3 Å². The van der Waals surface area contributed by atoms with Crippen LogP contribution >= 0.6 is 11.3 Å². The summed E-state index contributed by atoms with van der Waals surface area (Å²) in [7, 11) is 0. The number of thiazole rings is 1. The lowest BCUT2D eigenvalue weighted by atomic mass is 9.75. The van der Waals surface area contributed by atoms with Crippen LogP contribution in [0.2, 0.25) is 0 Å². The molecule has 1 aromatic heterocycles. The second kappa shape index (κ2) is 6.80. The number of carbonyl (C=O) groups is 2. The predicted molar refractivity (Wildman–Crippen MR) is 91.7 cm³/mol. The number of aliphatic hydroxyl groups is 1. The molecule has 7 heteroatoms. The van der Waals surface area contributed by atoms with Gasteiger partial charge in [-0.3, -0.25) is 14.6 Å². The summed E-state index contributed by atoms with van der Waals surface area (Å²) in [6, 6.07) is -0.0140. The molecule has 24 heavy (non-hydrogen) atoms. The number of aliphatic hydroxyl groups excluding tert-OH is 1. The van der Waals surface area contributed by atoms with Crippen LogP contribution in [0.25, 0.3) is 0 Å².